The summed E-state index contributed by atoms with van der Waals surface area (Å²) in [6, 6.07) is 0. The number of nitrogens with one attached hydrogen (secondary N) is 1. The van der Waals surface area contributed by atoms with Crippen LogP contribution in [0.25, 0.3) is 0 Å². The first-order chi connectivity index (χ1) is 6.68. The van der Waals surface area contributed by atoms with E-state index in [-0.39, 0.29) is 11.4 Å². The van der Waals surface area contributed by atoms with E-state index in [0.29, 0.717) is 0 Å². The van der Waals surface area contributed by atoms with Crippen LogP contribution in [-0.2, 0) is 4.79 Å². The highest BCUT2D eigenvalue weighted by atomic mass is 16.1. The van der Waals surface area contributed by atoms with E-state index in [1.165, 1.54) is 38.5 Å². The molecule has 2 rings (SSSR count). The van der Waals surface area contributed by atoms with Crippen molar-refractivity contribution in [3.63, 3.8) is 0 Å². The molecule has 0 radical (unpaired) electrons. The Morgan fingerprint density at radius 3 is 2.57 bits per heavy atom. The lowest BCUT2D eigenvalue weighted by molar-refractivity contribution is -0.122. The lowest BCUT2D eigenvalue weighted by Crippen LogP contribution is -2.34. The van der Waals surface area contributed by atoms with Crippen LogP contribution in [0.3, 0.4) is 0 Å². The van der Waals surface area contributed by atoms with Crippen LogP contribution < -0.4 is 5.32 Å². The first kappa shape index (κ1) is 10.0. The fourth-order valence-electron chi connectivity index (χ4n) is 2.35. The molecule has 0 saturated heterocycles. The summed E-state index contributed by atoms with van der Waals surface area (Å²) >= 11 is 0. The molecule has 0 aromatic heterocycles. The quantitative estimate of drug-likeness (QED) is 0.734. The van der Waals surface area contributed by atoms with Crippen molar-refractivity contribution in [2.24, 2.45) is 5.92 Å². The number of carbonyl (C=O) groups is 1. The Morgan fingerprint density at radius 1 is 1.36 bits per heavy atom. The summed E-state index contributed by atoms with van der Waals surface area (Å²) in [6.07, 6.45) is 9.66. The van der Waals surface area contributed by atoms with E-state index in [9.17, 15) is 4.79 Å². The minimum atomic E-state index is 0.173. The predicted octanol–water partition coefficient (Wildman–Crippen LogP) is 2.63. The highest BCUT2D eigenvalue weighted by Gasteiger charge is 2.38. The Morgan fingerprint density at radius 2 is 2.00 bits per heavy atom. The molecule has 1 amide bonds. The van der Waals surface area contributed by atoms with E-state index < -0.39 is 0 Å². The highest BCUT2D eigenvalue weighted by molar-refractivity contribution is 5.77. The van der Waals surface area contributed by atoms with Gasteiger partial charge in [-0.1, -0.05) is 25.7 Å². The van der Waals surface area contributed by atoms with E-state index in [1.54, 1.807) is 0 Å². The molecule has 0 aromatic rings. The van der Waals surface area contributed by atoms with Gasteiger partial charge in [-0.15, -0.1) is 0 Å². The molecule has 0 unspecified atom stereocenters. The fourth-order valence-corrected chi connectivity index (χ4v) is 2.35. The summed E-state index contributed by atoms with van der Waals surface area (Å²) < 4.78 is 0. The van der Waals surface area contributed by atoms with Gasteiger partial charge in [0.15, 0.2) is 0 Å². The van der Waals surface area contributed by atoms with Gasteiger partial charge >= 0.3 is 0 Å². The highest BCUT2D eigenvalue weighted by Crippen LogP contribution is 2.34. The third-order valence-corrected chi connectivity index (χ3v) is 3.70. The van der Waals surface area contributed by atoms with E-state index in [0.717, 1.165) is 18.8 Å². The van der Waals surface area contributed by atoms with Gasteiger partial charge in [-0.25, -0.2) is 0 Å². The van der Waals surface area contributed by atoms with Crippen LogP contribution in [0, 0.1) is 5.92 Å². The summed E-state index contributed by atoms with van der Waals surface area (Å²) in [6.45, 7) is 2.14. The molecule has 0 bridgehead atoms. The van der Waals surface area contributed by atoms with Crippen molar-refractivity contribution in [1.82, 2.24) is 5.32 Å². The number of amides is 1. The molecule has 0 atom stereocenters. The Balaban J connectivity index is 1.62. The molecule has 0 aromatic carbocycles. The summed E-state index contributed by atoms with van der Waals surface area (Å²) in [5, 5.41) is 3.12. The maximum atomic E-state index is 11.5. The van der Waals surface area contributed by atoms with Gasteiger partial charge in [0.05, 0.1) is 0 Å². The zero-order chi connectivity index (χ0) is 10.0. The number of carbonyl (C=O) groups excluding carboxylic acids is 1. The van der Waals surface area contributed by atoms with Crippen LogP contribution in [0.4, 0.5) is 0 Å². The molecule has 14 heavy (non-hydrogen) atoms. The van der Waals surface area contributed by atoms with Gasteiger partial charge in [-0.3, -0.25) is 4.79 Å². The molecule has 80 valence electrons. The van der Waals surface area contributed by atoms with Gasteiger partial charge in [0, 0.05) is 12.0 Å². The van der Waals surface area contributed by atoms with E-state index in [1.807, 2.05) is 0 Å². The monoisotopic (exact) mass is 195 g/mol. The average molecular weight is 195 g/mol. The molecule has 2 heteroatoms. The minimum absolute atomic E-state index is 0.173. The Labute approximate surface area is 86.5 Å². The van der Waals surface area contributed by atoms with E-state index in [4.69, 9.17) is 0 Å². The second-order valence-electron chi connectivity index (χ2n) is 5.30. The Bertz CT molecular complexity index is 214. The molecule has 2 fully saturated rings. The molecule has 0 spiro atoms. The standard InChI is InChI=1S/C12H21NO/c1-12(8-9-12)13-11(14)7-6-10-4-2-3-5-10/h10H,2-9H2,1H3,(H,13,14). The maximum absolute atomic E-state index is 11.5. The van der Waals surface area contributed by atoms with Crippen molar-refractivity contribution >= 4 is 5.91 Å². The summed E-state index contributed by atoms with van der Waals surface area (Å²) in [7, 11) is 0. The van der Waals surface area contributed by atoms with Gasteiger partial charge in [-0.05, 0) is 32.1 Å². The zero-order valence-corrected chi connectivity index (χ0v) is 9.14. The number of hydrogen-bond acceptors (Lipinski definition) is 1. The zero-order valence-electron chi connectivity index (χ0n) is 9.14. The lowest BCUT2D eigenvalue weighted by Gasteiger charge is -2.13. The average Bonchev–Trinajstić information content (AvgIpc) is 2.70. The fraction of sp³-hybridized carbons (Fsp3) is 0.917. The maximum Gasteiger partial charge on any atom is 0.220 e. The van der Waals surface area contributed by atoms with E-state index in [2.05, 4.69) is 12.2 Å². The molecule has 0 heterocycles. The molecule has 2 nitrogen and oxygen atoms in total. The van der Waals surface area contributed by atoms with Crippen molar-refractivity contribution < 1.29 is 4.79 Å². The van der Waals surface area contributed by atoms with Gasteiger partial charge in [-0.2, -0.15) is 0 Å². The summed E-state index contributed by atoms with van der Waals surface area (Å²) in [4.78, 5) is 11.5. The Hall–Kier alpha value is -0.530. The lowest BCUT2D eigenvalue weighted by atomic mass is 10.0. The van der Waals surface area contributed by atoms with Gasteiger partial charge in [0.1, 0.15) is 0 Å². The van der Waals surface area contributed by atoms with Crippen molar-refractivity contribution in [3.05, 3.63) is 0 Å². The van der Waals surface area contributed by atoms with Gasteiger partial charge < -0.3 is 5.32 Å². The largest absolute Gasteiger partial charge is 0.351 e. The molecule has 2 aliphatic carbocycles. The third-order valence-electron chi connectivity index (χ3n) is 3.70. The summed E-state index contributed by atoms with van der Waals surface area (Å²) in [5.41, 5.74) is 0.173. The van der Waals surface area contributed by atoms with Crippen LogP contribution in [-0.4, -0.2) is 11.4 Å². The van der Waals surface area contributed by atoms with Crippen molar-refractivity contribution in [2.75, 3.05) is 0 Å². The SMILES string of the molecule is CC1(NC(=O)CCC2CCCC2)CC1. The normalized spacial score (nSPS) is 24.9. The third kappa shape index (κ3) is 2.73. The molecule has 2 saturated carbocycles. The molecule has 2 aliphatic rings. The van der Waals surface area contributed by atoms with E-state index >= 15 is 0 Å². The van der Waals surface area contributed by atoms with Crippen LogP contribution in [0.1, 0.15) is 58.3 Å². The molecular formula is C12H21NO. The second kappa shape index (κ2) is 3.92. The smallest absolute Gasteiger partial charge is 0.220 e. The van der Waals surface area contributed by atoms with Gasteiger partial charge in [0.25, 0.3) is 0 Å². The number of rotatable bonds is 4. The first-order valence-corrected chi connectivity index (χ1v) is 5.99. The molecule has 1 N–H and O–H groups in total. The van der Waals surface area contributed by atoms with Gasteiger partial charge in [0.2, 0.25) is 5.91 Å². The van der Waals surface area contributed by atoms with Crippen LogP contribution >= 0.6 is 0 Å². The van der Waals surface area contributed by atoms with Crippen molar-refractivity contribution in [3.8, 4) is 0 Å². The minimum Gasteiger partial charge on any atom is -0.351 e. The molecule has 0 aliphatic heterocycles. The van der Waals surface area contributed by atoms with Crippen LogP contribution in [0.15, 0.2) is 0 Å². The first-order valence-electron chi connectivity index (χ1n) is 5.99. The second-order valence-corrected chi connectivity index (χ2v) is 5.30. The topological polar surface area (TPSA) is 29.1 Å². The summed E-state index contributed by atoms with van der Waals surface area (Å²) in [5.74, 6) is 1.12. The van der Waals surface area contributed by atoms with Crippen LogP contribution in [0.2, 0.25) is 0 Å². The predicted molar refractivity (Wildman–Crippen MR) is 57.0 cm³/mol. The molecular weight excluding hydrogens is 174 g/mol. The Kier molecular flexibility index (Phi) is 2.80. The van der Waals surface area contributed by atoms with Crippen molar-refractivity contribution in [1.29, 1.82) is 0 Å². The number of hydrogen-bond donors (Lipinski definition) is 1. The van der Waals surface area contributed by atoms with Crippen molar-refractivity contribution in [2.45, 2.75) is 63.8 Å². The van der Waals surface area contributed by atoms with Crippen LogP contribution in [0.5, 0.6) is 0 Å².